The van der Waals surface area contributed by atoms with Crippen molar-refractivity contribution in [2.75, 3.05) is 6.54 Å². The van der Waals surface area contributed by atoms with Gasteiger partial charge >= 0.3 is 0 Å². The maximum Gasteiger partial charge on any atom is 0.159 e. The average Bonchev–Trinajstić information content (AvgIpc) is 2.42. The first-order chi connectivity index (χ1) is 9.61. The molecule has 1 heterocycles. The smallest absolute Gasteiger partial charge is 0.159 e. The van der Waals surface area contributed by atoms with Gasteiger partial charge in [-0.25, -0.2) is 9.97 Å². The summed E-state index contributed by atoms with van der Waals surface area (Å²) in [7, 11) is 0. The number of hydrogen-bond donors (Lipinski definition) is 2. The van der Waals surface area contributed by atoms with Crippen molar-refractivity contribution in [2.24, 2.45) is 0 Å². The number of hydrogen-bond acceptors (Lipinski definition) is 4. The van der Waals surface area contributed by atoms with Gasteiger partial charge in [0.2, 0.25) is 0 Å². The molecule has 0 aliphatic rings. The lowest BCUT2D eigenvalue weighted by atomic mass is 10.1. The maximum atomic E-state index is 9.33. The summed E-state index contributed by atoms with van der Waals surface area (Å²) in [5.74, 6) is 0.960. The monoisotopic (exact) mass is 271 g/mol. The number of aromatic hydroxyl groups is 1. The van der Waals surface area contributed by atoms with Crippen LogP contribution in [0.4, 0.5) is 0 Å². The Hall–Kier alpha value is -1.94. The fraction of sp³-hybridized carbons (Fsp3) is 0.375. The van der Waals surface area contributed by atoms with Crippen molar-refractivity contribution in [3.8, 4) is 17.1 Å². The van der Waals surface area contributed by atoms with Crippen molar-refractivity contribution in [1.82, 2.24) is 15.3 Å². The van der Waals surface area contributed by atoms with Gasteiger partial charge in [-0.15, -0.1) is 0 Å². The maximum absolute atomic E-state index is 9.33. The van der Waals surface area contributed by atoms with Crippen molar-refractivity contribution in [3.63, 3.8) is 0 Å². The van der Waals surface area contributed by atoms with E-state index in [0.29, 0.717) is 5.82 Å². The fourth-order valence-corrected chi connectivity index (χ4v) is 2.13. The summed E-state index contributed by atoms with van der Waals surface area (Å²) in [4.78, 5) is 9.16. The lowest BCUT2D eigenvalue weighted by Gasteiger charge is -2.11. The molecule has 0 saturated heterocycles. The number of phenols is 1. The Bertz CT molecular complexity index is 556. The highest BCUT2D eigenvalue weighted by atomic mass is 16.3. The molecular weight excluding hydrogens is 250 g/mol. The first-order valence-corrected chi connectivity index (χ1v) is 6.96. The standard InChI is InChI=1S/C16H21N3O/c1-4-9-17-10-15-11(2)18-16(19-12(15)3)13-5-7-14(20)8-6-13/h5-8,17,20H,4,9-10H2,1-3H3. The van der Waals surface area contributed by atoms with Crippen molar-refractivity contribution in [3.05, 3.63) is 41.2 Å². The van der Waals surface area contributed by atoms with Crippen LogP contribution in [0, 0.1) is 13.8 Å². The van der Waals surface area contributed by atoms with Crippen molar-refractivity contribution < 1.29 is 5.11 Å². The zero-order chi connectivity index (χ0) is 14.5. The second kappa shape index (κ2) is 6.48. The number of nitrogens with one attached hydrogen (secondary N) is 1. The van der Waals surface area contributed by atoms with Crippen LogP contribution in [0.5, 0.6) is 5.75 Å². The Balaban J connectivity index is 2.27. The van der Waals surface area contributed by atoms with Gasteiger partial charge in [-0.1, -0.05) is 6.92 Å². The van der Waals surface area contributed by atoms with Gasteiger partial charge in [-0.2, -0.15) is 0 Å². The number of rotatable bonds is 5. The summed E-state index contributed by atoms with van der Waals surface area (Å²) < 4.78 is 0. The van der Waals surface area contributed by atoms with E-state index in [-0.39, 0.29) is 5.75 Å². The van der Waals surface area contributed by atoms with E-state index in [9.17, 15) is 5.11 Å². The molecule has 1 aromatic carbocycles. The van der Waals surface area contributed by atoms with Crippen LogP contribution >= 0.6 is 0 Å². The zero-order valence-corrected chi connectivity index (χ0v) is 12.3. The largest absolute Gasteiger partial charge is 0.508 e. The second-order valence-electron chi connectivity index (χ2n) is 4.92. The van der Waals surface area contributed by atoms with E-state index in [4.69, 9.17) is 0 Å². The minimum atomic E-state index is 0.252. The molecule has 0 aliphatic heterocycles. The topological polar surface area (TPSA) is 58.0 Å². The van der Waals surface area contributed by atoms with E-state index >= 15 is 0 Å². The Labute approximate surface area is 119 Å². The number of aromatic nitrogens is 2. The normalized spacial score (nSPS) is 10.8. The van der Waals surface area contributed by atoms with Gasteiger partial charge < -0.3 is 10.4 Å². The van der Waals surface area contributed by atoms with Crippen LogP contribution in [-0.2, 0) is 6.54 Å². The molecule has 2 rings (SSSR count). The highest BCUT2D eigenvalue weighted by Gasteiger charge is 2.09. The Morgan fingerprint density at radius 2 is 1.65 bits per heavy atom. The Kier molecular flexibility index (Phi) is 4.69. The lowest BCUT2D eigenvalue weighted by molar-refractivity contribution is 0.475. The second-order valence-corrected chi connectivity index (χ2v) is 4.92. The van der Waals surface area contributed by atoms with Gasteiger partial charge in [0.25, 0.3) is 0 Å². The molecule has 0 saturated carbocycles. The molecule has 20 heavy (non-hydrogen) atoms. The molecule has 4 nitrogen and oxygen atoms in total. The van der Waals surface area contributed by atoms with Gasteiger partial charge in [0.05, 0.1) is 0 Å². The molecule has 0 unspecified atom stereocenters. The van der Waals surface area contributed by atoms with Crippen molar-refractivity contribution >= 4 is 0 Å². The lowest BCUT2D eigenvalue weighted by Crippen LogP contribution is -2.17. The molecule has 2 aromatic rings. The molecule has 0 atom stereocenters. The number of aryl methyl sites for hydroxylation is 2. The van der Waals surface area contributed by atoms with Gasteiger partial charge in [-0.05, 0) is 51.1 Å². The first-order valence-electron chi connectivity index (χ1n) is 6.96. The summed E-state index contributed by atoms with van der Waals surface area (Å²) in [6.07, 6.45) is 1.12. The molecule has 0 bridgehead atoms. The van der Waals surface area contributed by atoms with Gasteiger partial charge in [0.1, 0.15) is 5.75 Å². The summed E-state index contributed by atoms with van der Waals surface area (Å²) >= 11 is 0. The third kappa shape index (κ3) is 3.33. The number of nitrogens with zero attached hydrogens (tertiary/aromatic N) is 2. The van der Waals surface area contributed by atoms with E-state index in [0.717, 1.165) is 36.5 Å². The molecule has 0 radical (unpaired) electrons. The predicted octanol–water partition coefficient (Wildman–Crippen LogP) is 2.97. The van der Waals surface area contributed by atoms with E-state index in [1.807, 2.05) is 26.0 Å². The predicted molar refractivity (Wildman–Crippen MR) is 80.6 cm³/mol. The van der Waals surface area contributed by atoms with Crippen LogP contribution in [0.15, 0.2) is 24.3 Å². The van der Waals surface area contributed by atoms with E-state index in [1.165, 1.54) is 5.56 Å². The van der Waals surface area contributed by atoms with E-state index in [2.05, 4.69) is 22.2 Å². The summed E-state index contributed by atoms with van der Waals surface area (Å²) in [5, 5.41) is 12.7. The zero-order valence-electron chi connectivity index (χ0n) is 12.3. The first kappa shape index (κ1) is 14.5. The third-order valence-corrected chi connectivity index (χ3v) is 3.27. The van der Waals surface area contributed by atoms with Crippen LogP contribution in [0.1, 0.15) is 30.3 Å². The fourth-order valence-electron chi connectivity index (χ4n) is 2.13. The average molecular weight is 271 g/mol. The quantitative estimate of drug-likeness (QED) is 0.821. The van der Waals surface area contributed by atoms with E-state index < -0.39 is 0 Å². The minimum Gasteiger partial charge on any atom is -0.508 e. The SMILES string of the molecule is CCCNCc1c(C)nc(-c2ccc(O)cc2)nc1C. The minimum absolute atomic E-state index is 0.252. The van der Waals surface area contributed by atoms with Crippen LogP contribution in [0.2, 0.25) is 0 Å². The highest BCUT2D eigenvalue weighted by Crippen LogP contribution is 2.21. The molecule has 0 amide bonds. The summed E-state index contributed by atoms with van der Waals surface area (Å²) in [6.45, 7) is 7.99. The summed E-state index contributed by atoms with van der Waals surface area (Å²) in [6, 6.07) is 6.97. The van der Waals surface area contributed by atoms with Crippen molar-refractivity contribution in [2.45, 2.75) is 33.7 Å². The molecule has 0 fully saturated rings. The number of phenolic OH excluding ortho intramolecular Hbond substituents is 1. The van der Waals surface area contributed by atoms with E-state index in [1.54, 1.807) is 12.1 Å². The van der Waals surface area contributed by atoms with Crippen molar-refractivity contribution in [1.29, 1.82) is 0 Å². The van der Waals surface area contributed by atoms with Crippen LogP contribution in [-0.4, -0.2) is 21.6 Å². The van der Waals surface area contributed by atoms with Crippen LogP contribution in [0.3, 0.4) is 0 Å². The summed E-state index contributed by atoms with van der Waals surface area (Å²) in [5.41, 5.74) is 4.09. The van der Waals surface area contributed by atoms with Gasteiger partial charge in [-0.3, -0.25) is 0 Å². The third-order valence-electron chi connectivity index (χ3n) is 3.27. The van der Waals surface area contributed by atoms with Gasteiger partial charge in [0.15, 0.2) is 5.82 Å². The van der Waals surface area contributed by atoms with Crippen LogP contribution in [0.25, 0.3) is 11.4 Å². The highest BCUT2D eigenvalue weighted by molar-refractivity contribution is 5.56. The molecule has 0 aliphatic carbocycles. The Morgan fingerprint density at radius 3 is 2.20 bits per heavy atom. The molecule has 2 N–H and O–H groups in total. The number of benzene rings is 1. The van der Waals surface area contributed by atoms with Gasteiger partial charge in [0, 0.05) is 29.1 Å². The molecule has 106 valence electrons. The molecular formula is C16H21N3O. The Morgan fingerprint density at radius 1 is 1.05 bits per heavy atom. The molecule has 1 aromatic heterocycles. The van der Waals surface area contributed by atoms with Crippen LogP contribution < -0.4 is 5.32 Å². The molecule has 0 spiro atoms. The molecule has 4 heteroatoms.